The van der Waals surface area contributed by atoms with Crippen molar-refractivity contribution in [2.45, 2.75) is 13.3 Å². The Morgan fingerprint density at radius 3 is 1.89 bits per heavy atom. The summed E-state index contributed by atoms with van der Waals surface area (Å²) in [6, 6.07) is 0. The first-order chi connectivity index (χ1) is 3.83. The predicted octanol–water partition coefficient (Wildman–Crippen LogP) is 0.192. The number of rotatable bonds is 2. The first kappa shape index (κ1) is 16.0. The summed E-state index contributed by atoms with van der Waals surface area (Å²) in [5.41, 5.74) is 0. The van der Waals surface area contributed by atoms with Gasteiger partial charge in [-0.25, -0.2) is 0 Å². The number of hydrogen-bond acceptors (Lipinski definition) is 3. The van der Waals surface area contributed by atoms with Crippen molar-refractivity contribution in [3.63, 3.8) is 0 Å². The summed E-state index contributed by atoms with van der Waals surface area (Å²) in [6.45, 7) is 3.14. The van der Waals surface area contributed by atoms with Gasteiger partial charge in [0.05, 0.1) is 0 Å². The van der Waals surface area contributed by atoms with Crippen LogP contribution in [-0.4, -0.2) is 12.7 Å². The second-order valence-corrected chi connectivity index (χ2v) is 1.08. The number of nitrogens with one attached hydrogen (secondary N) is 1. The van der Waals surface area contributed by atoms with Gasteiger partial charge < -0.3 is 5.32 Å². The fourth-order valence-corrected chi connectivity index (χ4v) is 0.177. The molecule has 0 amide bonds. The Bertz CT molecular complexity index is 60.0. The Morgan fingerprint density at radius 2 is 1.89 bits per heavy atom. The molecule has 0 saturated carbocycles. The normalized spacial score (nSPS) is 5.56. The predicted molar refractivity (Wildman–Crippen MR) is 28.7 cm³/mol. The minimum Gasteiger partial charge on any atom is -0.473 e. The molecule has 0 fully saturated rings. The molecule has 0 aliphatic heterocycles. The third-order valence-electron chi connectivity index (χ3n) is 0.427. The van der Waals surface area contributed by atoms with E-state index in [1.54, 1.807) is 0 Å². The van der Waals surface area contributed by atoms with Gasteiger partial charge in [-0.05, 0) is 13.0 Å². The molecule has 0 unspecified atom stereocenters. The number of hydrogen-bond donors (Lipinski definition) is 1. The van der Waals surface area contributed by atoms with Crippen LogP contribution >= 0.6 is 0 Å². The van der Waals surface area contributed by atoms with Gasteiger partial charge in [0.15, 0.2) is 0 Å². The van der Waals surface area contributed by atoms with Crippen LogP contribution in [0.2, 0.25) is 0 Å². The summed E-state index contributed by atoms with van der Waals surface area (Å²) < 4.78 is 0. The SMILES string of the molecule is O=C=O.[CH2-]NCCC.[V]. The summed E-state index contributed by atoms with van der Waals surface area (Å²) in [6.07, 6.45) is 1.42. The molecule has 0 aliphatic carbocycles. The van der Waals surface area contributed by atoms with Crippen molar-refractivity contribution in [2.24, 2.45) is 0 Å². The van der Waals surface area contributed by atoms with E-state index in [0.717, 1.165) is 6.54 Å². The Kier molecular flexibility index (Phi) is 43.8. The van der Waals surface area contributed by atoms with Crippen LogP contribution in [0.4, 0.5) is 0 Å². The van der Waals surface area contributed by atoms with E-state index in [9.17, 15) is 0 Å². The van der Waals surface area contributed by atoms with E-state index >= 15 is 0 Å². The van der Waals surface area contributed by atoms with Crippen molar-refractivity contribution in [1.82, 2.24) is 5.32 Å². The fraction of sp³-hybridized carbons (Fsp3) is 0.600. The average Bonchev–Trinajstić information content (AvgIpc) is 1.71. The zero-order valence-electron chi connectivity index (χ0n) is 5.39. The average molecular weight is 167 g/mol. The van der Waals surface area contributed by atoms with Gasteiger partial charge in [0.25, 0.3) is 0 Å². The zero-order valence-corrected chi connectivity index (χ0v) is 6.78. The van der Waals surface area contributed by atoms with Crippen molar-refractivity contribution >= 4 is 6.15 Å². The van der Waals surface area contributed by atoms with Crippen molar-refractivity contribution in [3.8, 4) is 0 Å². The van der Waals surface area contributed by atoms with Gasteiger partial charge in [0, 0.05) is 18.6 Å². The molecular formula is C5H10NO2V-. The standard InChI is InChI=1S/C4H10N.CO2.V/c1-3-4-5-2;2-1-3;/h5H,2-4H2,1H3;;/q-1;;. The van der Waals surface area contributed by atoms with Gasteiger partial charge in [-0.2, -0.15) is 9.59 Å². The van der Waals surface area contributed by atoms with Crippen LogP contribution < -0.4 is 5.32 Å². The summed E-state index contributed by atoms with van der Waals surface area (Å²) in [7, 11) is 3.43. The van der Waals surface area contributed by atoms with Crippen LogP contribution in [-0.2, 0) is 28.1 Å². The molecule has 9 heavy (non-hydrogen) atoms. The summed E-state index contributed by atoms with van der Waals surface area (Å²) >= 11 is 0. The molecular weight excluding hydrogens is 157 g/mol. The zero-order chi connectivity index (χ0) is 6.83. The van der Waals surface area contributed by atoms with E-state index in [-0.39, 0.29) is 24.7 Å². The van der Waals surface area contributed by atoms with Gasteiger partial charge in [-0.1, -0.05) is 6.92 Å². The van der Waals surface area contributed by atoms with Gasteiger partial charge in [0.1, 0.15) is 0 Å². The van der Waals surface area contributed by atoms with Crippen LogP contribution in [0.3, 0.4) is 0 Å². The molecule has 1 radical (unpaired) electrons. The van der Waals surface area contributed by atoms with Crippen LogP contribution in [0.15, 0.2) is 0 Å². The molecule has 53 valence electrons. The van der Waals surface area contributed by atoms with Crippen LogP contribution in [0, 0.1) is 7.05 Å². The molecule has 0 bridgehead atoms. The molecule has 0 spiro atoms. The molecule has 0 aromatic carbocycles. The largest absolute Gasteiger partial charge is 0.473 e. The molecule has 0 heterocycles. The van der Waals surface area contributed by atoms with Crippen LogP contribution in [0.5, 0.6) is 0 Å². The minimum absolute atomic E-state index is 0. The fourth-order valence-electron chi connectivity index (χ4n) is 0.177. The van der Waals surface area contributed by atoms with Crippen LogP contribution in [0.1, 0.15) is 13.3 Å². The quantitative estimate of drug-likeness (QED) is 0.597. The maximum atomic E-state index is 8.12. The summed E-state index contributed by atoms with van der Waals surface area (Å²) in [5.74, 6) is 0. The van der Waals surface area contributed by atoms with Gasteiger partial charge >= 0.3 is 6.15 Å². The Balaban J connectivity index is -0.0000000800. The van der Waals surface area contributed by atoms with Gasteiger partial charge in [-0.15, -0.1) is 0 Å². The van der Waals surface area contributed by atoms with E-state index in [2.05, 4.69) is 19.3 Å². The summed E-state index contributed by atoms with van der Waals surface area (Å²) in [5, 5.41) is 2.77. The third-order valence-corrected chi connectivity index (χ3v) is 0.427. The van der Waals surface area contributed by atoms with Crippen molar-refractivity contribution in [2.75, 3.05) is 6.54 Å². The van der Waals surface area contributed by atoms with E-state index in [1.807, 2.05) is 0 Å². The molecule has 0 aromatic rings. The van der Waals surface area contributed by atoms with Gasteiger partial charge in [-0.3, -0.25) is 7.05 Å². The Hall–Kier alpha value is -0.0756. The summed E-state index contributed by atoms with van der Waals surface area (Å²) in [4.78, 5) is 16.2. The minimum atomic E-state index is 0. The first-order valence-electron chi connectivity index (χ1n) is 2.32. The van der Waals surface area contributed by atoms with E-state index in [4.69, 9.17) is 9.59 Å². The maximum absolute atomic E-state index is 8.12. The molecule has 0 aromatic heterocycles. The first-order valence-corrected chi connectivity index (χ1v) is 2.32. The molecule has 0 atom stereocenters. The van der Waals surface area contributed by atoms with Gasteiger partial charge in [0.2, 0.25) is 0 Å². The molecule has 0 saturated heterocycles. The van der Waals surface area contributed by atoms with Crippen molar-refractivity contribution < 1.29 is 28.1 Å². The molecule has 0 rings (SSSR count). The molecule has 0 aliphatic rings. The third kappa shape index (κ3) is 75.1. The number of carbonyl (C=O) groups excluding carboxylic acids is 2. The van der Waals surface area contributed by atoms with E-state index in [1.165, 1.54) is 6.42 Å². The molecule has 1 N–H and O–H groups in total. The smallest absolute Gasteiger partial charge is 0.373 e. The van der Waals surface area contributed by atoms with E-state index in [0.29, 0.717) is 0 Å². The Labute approximate surface area is 67.1 Å². The van der Waals surface area contributed by atoms with Crippen LogP contribution in [0.25, 0.3) is 0 Å². The monoisotopic (exact) mass is 167 g/mol. The Morgan fingerprint density at radius 1 is 1.56 bits per heavy atom. The van der Waals surface area contributed by atoms with E-state index < -0.39 is 0 Å². The maximum Gasteiger partial charge on any atom is 0.373 e. The van der Waals surface area contributed by atoms with Crippen molar-refractivity contribution in [1.29, 1.82) is 0 Å². The topological polar surface area (TPSA) is 46.2 Å². The molecule has 3 nitrogen and oxygen atoms in total. The second-order valence-electron chi connectivity index (χ2n) is 1.08. The molecule has 4 heteroatoms. The second kappa shape index (κ2) is 24.7. The van der Waals surface area contributed by atoms with Crippen molar-refractivity contribution in [3.05, 3.63) is 7.05 Å².